The number of nitrogens with one attached hydrogen (secondary N) is 2. The summed E-state index contributed by atoms with van der Waals surface area (Å²) in [6, 6.07) is 8.13. The first-order valence-electron chi connectivity index (χ1n) is 15.4. The van der Waals surface area contributed by atoms with E-state index in [1.54, 1.807) is 19.2 Å². The van der Waals surface area contributed by atoms with Gasteiger partial charge in [0, 0.05) is 67.9 Å². The number of amides is 1. The van der Waals surface area contributed by atoms with Gasteiger partial charge in [0.2, 0.25) is 11.9 Å². The summed E-state index contributed by atoms with van der Waals surface area (Å²) in [5.41, 5.74) is 4.74. The van der Waals surface area contributed by atoms with Crippen molar-refractivity contribution in [3.05, 3.63) is 65.8 Å². The number of halogens is 1. The lowest BCUT2D eigenvalue weighted by Crippen LogP contribution is -2.29. The van der Waals surface area contributed by atoms with Gasteiger partial charge in [-0.1, -0.05) is 19.9 Å². The molecule has 2 aromatic heterocycles. The average molecular weight is 664 g/mol. The van der Waals surface area contributed by atoms with Gasteiger partial charge in [0.05, 0.1) is 47.1 Å². The topological polar surface area (TPSA) is 122 Å². The molecule has 0 aliphatic carbocycles. The predicted octanol–water partition coefficient (Wildman–Crippen LogP) is 5.15. The van der Waals surface area contributed by atoms with Crippen LogP contribution in [0.4, 0.5) is 27.4 Å². The summed E-state index contributed by atoms with van der Waals surface area (Å²) in [5.74, 6) is 0.00405. The zero-order chi connectivity index (χ0) is 34.0. The summed E-state index contributed by atoms with van der Waals surface area (Å²) < 4.78 is 47.6. The number of carbonyl (C=O) groups excluding carboxylic acids is 1. The molecule has 5 rings (SSSR count). The first-order chi connectivity index (χ1) is 22.2. The third-order valence-corrected chi connectivity index (χ3v) is 9.62. The van der Waals surface area contributed by atoms with Crippen LogP contribution in [-0.2, 0) is 33.9 Å². The summed E-state index contributed by atoms with van der Waals surface area (Å²) in [4.78, 5) is 26.7. The lowest BCUT2D eigenvalue weighted by Gasteiger charge is -2.26. The van der Waals surface area contributed by atoms with E-state index in [2.05, 4.69) is 15.5 Å². The zero-order valence-corrected chi connectivity index (χ0v) is 28.7. The Labute approximate surface area is 275 Å². The number of rotatable bonds is 11. The minimum Gasteiger partial charge on any atom is -0.494 e. The van der Waals surface area contributed by atoms with Gasteiger partial charge in [-0.25, -0.2) is 22.8 Å². The van der Waals surface area contributed by atoms with Gasteiger partial charge >= 0.3 is 0 Å². The molecule has 1 aliphatic rings. The van der Waals surface area contributed by atoms with Crippen molar-refractivity contribution in [3.8, 4) is 17.0 Å². The van der Waals surface area contributed by atoms with Crippen molar-refractivity contribution in [1.29, 1.82) is 0 Å². The quantitative estimate of drug-likeness (QED) is 0.210. The molecule has 250 valence electrons. The van der Waals surface area contributed by atoms with Crippen LogP contribution >= 0.6 is 0 Å². The highest BCUT2D eigenvalue weighted by molar-refractivity contribution is 7.90. The Hall–Kier alpha value is -4.49. The van der Waals surface area contributed by atoms with Gasteiger partial charge in [-0.2, -0.15) is 0 Å². The van der Waals surface area contributed by atoms with Crippen molar-refractivity contribution in [2.45, 2.75) is 26.0 Å². The monoisotopic (exact) mass is 663 g/mol. The van der Waals surface area contributed by atoms with Crippen molar-refractivity contribution in [2.24, 2.45) is 13.0 Å². The number of benzene rings is 2. The molecule has 0 saturated carbocycles. The smallest absolute Gasteiger partial charge is 0.248 e. The summed E-state index contributed by atoms with van der Waals surface area (Å²) in [6.07, 6.45) is 5.40. The number of hydrogen-bond acceptors (Lipinski definition) is 9. The zero-order valence-electron chi connectivity index (χ0n) is 27.9. The second-order valence-electron chi connectivity index (χ2n) is 12.5. The van der Waals surface area contributed by atoms with E-state index in [-0.39, 0.29) is 35.7 Å². The van der Waals surface area contributed by atoms with E-state index in [0.29, 0.717) is 51.6 Å². The Morgan fingerprint density at radius 3 is 2.60 bits per heavy atom. The third-order valence-electron chi connectivity index (χ3n) is 8.06. The van der Waals surface area contributed by atoms with Gasteiger partial charge in [0.1, 0.15) is 11.6 Å². The van der Waals surface area contributed by atoms with Crippen molar-refractivity contribution < 1.29 is 22.3 Å². The number of anilines is 4. The van der Waals surface area contributed by atoms with Crippen molar-refractivity contribution in [2.75, 3.05) is 62.6 Å². The van der Waals surface area contributed by atoms with Crippen LogP contribution in [0.15, 0.2) is 48.7 Å². The highest BCUT2D eigenvalue weighted by atomic mass is 32.2. The number of allylic oxidation sites excluding steroid dienone is 1. The van der Waals surface area contributed by atoms with Crippen molar-refractivity contribution >= 4 is 49.7 Å². The van der Waals surface area contributed by atoms with E-state index < -0.39 is 15.7 Å². The number of carbonyl (C=O) groups is 1. The minimum absolute atomic E-state index is 0.0303. The molecule has 0 radical (unpaired) electrons. The number of hydrogen-bond donors (Lipinski definition) is 2. The summed E-state index contributed by atoms with van der Waals surface area (Å²) in [5, 5.41) is 6.91. The summed E-state index contributed by atoms with van der Waals surface area (Å²) in [7, 11) is 5.98. The fourth-order valence-corrected chi connectivity index (χ4v) is 6.95. The largest absolute Gasteiger partial charge is 0.494 e. The number of likely N-dealkylation sites (N-methyl/N-ethyl adjacent to an activating group) is 2. The van der Waals surface area contributed by atoms with Gasteiger partial charge in [-0.3, -0.25) is 4.79 Å². The number of aryl methyl sites for hydroxylation is 2. The van der Waals surface area contributed by atoms with Gasteiger partial charge in [0.15, 0.2) is 9.84 Å². The maximum Gasteiger partial charge on any atom is 0.248 e. The number of fused-ring (bicyclic) bond motifs is 2. The average Bonchev–Trinajstić information content (AvgIpc) is 3.33. The van der Waals surface area contributed by atoms with E-state index in [4.69, 9.17) is 14.7 Å². The van der Waals surface area contributed by atoms with Crippen LogP contribution in [0.3, 0.4) is 0 Å². The Morgan fingerprint density at radius 2 is 1.89 bits per heavy atom. The Bertz CT molecular complexity index is 1950. The lowest BCUT2D eigenvalue weighted by atomic mass is 10.0. The molecule has 0 bridgehead atoms. The normalized spacial score (nSPS) is 14.2. The maximum absolute atomic E-state index is 14.4. The number of aromatic nitrogens is 3. The number of ether oxygens (including phenoxy) is 1. The first kappa shape index (κ1) is 33.9. The Morgan fingerprint density at radius 1 is 1.13 bits per heavy atom. The van der Waals surface area contributed by atoms with Crippen molar-refractivity contribution in [3.63, 3.8) is 0 Å². The number of methoxy groups -OCH3 is 1. The highest BCUT2D eigenvalue weighted by Gasteiger charge is 2.29. The standard InChI is InChI=1S/C34H42FN7O4S/c1-21(2)8-11-32(43)36-27-17-28(31(46-7)18-30(27)41(5)14-13-40(3)4)38-34-37-26-12-15-47(44,45)20-25(26)33(39-34)24-19-42(6)29-10-9-22(35)16-23(24)29/h8-11,16-19,21H,12-15,20H2,1-7H3,(H,36,43)(H,37,38,39)/b11-8-. The molecular formula is C34H42FN7O4S. The Kier molecular flexibility index (Phi) is 9.87. The minimum atomic E-state index is -3.37. The lowest BCUT2D eigenvalue weighted by molar-refractivity contribution is -0.111. The molecule has 0 spiro atoms. The van der Waals surface area contributed by atoms with Crippen LogP contribution in [0.5, 0.6) is 5.75 Å². The first-order valence-corrected chi connectivity index (χ1v) is 17.3. The molecule has 0 fully saturated rings. The second-order valence-corrected chi connectivity index (χ2v) is 14.7. The summed E-state index contributed by atoms with van der Waals surface area (Å²) >= 11 is 0. The molecule has 1 amide bonds. The van der Waals surface area contributed by atoms with Crippen LogP contribution in [0.25, 0.3) is 22.2 Å². The molecule has 47 heavy (non-hydrogen) atoms. The fraction of sp³-hybridized carbons (Fsp3) is 0.382. The molecule has 11 nitrogen and oxygen atoms in total. The maximum atomic E-state index is 14.4. The van der Waals surface area contributed by atoms with E-state index in [0.717, 1.165) is 17.7 Å². The third kappa shape index (κ3) is 7.74. The van der Waals surface area contributed by atoms with E-state index in [9.17, 15) is 17.6 Å². The van der Waals surface area contributed by atoms with Crippen molar-refractivity contribution in [1.82, 2.24) is 19.4 Å². The van der Waals surface area contributed by atoms with E-state index in [1.165, 1.54) is 18.2 Å². The summed E-state index contributed by atoms with van der Waals surface area (Å²) in [6.45, 7) is 5.48. The molecule has 2 aromatic carbocycles. The predicted molar refractivity (Wildman–Crippen MR) is 186 cm³/mol. The molecule has 0 saturated heterocycles. The fourth-order valence-electron chi connectivity index (χ4n) is 5.56. The molecule has 1 aliphatic heterocycles. The van der Waals surface area contributed by atoms with E-state index in [1.807, 2.05) is 69.8 Å². The Balaban J connectivity index is 1.63. The number of nitrogens with zero attached hydrogens (tertiary/aromatic N) is 5. The number of sulfone groups is 1. The SMILES string of the molecule is COc1cc(N(C)CCN(C)C)c(NC(=O)/C=C\C(C)C)cc1Nc1nc2c(c(-c3cn(C)c4ccc(F)cc34)n1)CS(=O)(=O)CC2. The molecule has 2 N–H and O–H groups in total. The highest BCUT2D eigenvalue weighted by Crippen LogP contribution is 2.40. The molecule has 0 unspecified atom stereocenters. The van der Waals surface area contributed by atoms with Crippen LogP contribution in [0, 0.1) is 11.7 Å². The van der Waals surface area contributed by atoms with E-state index >= 15 is 0 Å². The molecular weight excluding hydrogens is 621 g/mol. The molecule has 3 heterocycles. The molecule has 0 atom stereocenters. The molecule has 13 heteroatoms. The van der Waals surface area contributed by atoms with Gasteiger partial charge in [-0.15, -0.1) is 0 Å². The molecule has 4 aromatic rings. The van der Waals surface area contributed by atoms with Crippen LogP contribution in [0.2, 0.25) is 0 Å². The van der Waals surface area contributed by atoms with Crippen LogP contribution < -0.4 is 20.3 Å². The van der Waals surface area contributed by atoms with Gasteiger partial charge in [0.25, 0.3) is 0 Å². The van der Waals surface area contributed by atoms with Gasteiger partial charge in [-0.05, 0) is 50.4 Å². The van der Waals surface area contributed by atoms with Gasteiger partial charge < -0.3 is 29.7 Å². The van der Waals surface area contributed by atoms with Crippen LogP contribution in [-0.4, -0.2) is 80.9 Å². The second kappa shape index (κ2) is 13.7. The van der Waals surface area contributed by atoms with Crippen LogP contribution in [0.1, 0.15) is 25.1 Å².